The van der Waals surface area contributed by atoms with Crippen LogP contribution >= 0.6 is 11.6 Å². The third-order valence-corrected chi connectivity index (χ3v) is 5.33. The first kappa shape index (κ1) is 20.8. The Morgan fingerprint density at radius 3 is 2.79 bits per heavy atom. The van der Waals surface area contributed by atoms with E-state index >= 15 is 0 Å². The Labute approximate surface area is 171 Å². The van der Waals surface area contributed by atoms with Crippen LogP contribution in [0.25, 0.3) is 0 Å². The first-order valence-electron chi connectivity index (χ1n) is 9.96. The molecule has 0 bridgehead atoms. The van der Waals surface area contributed by atoms with Crippen LogP contribution in [0.3, 0.4) is 0 Å². The second-order valence-corrected chi connectivity index (χ2v) is 8.41. The number of aromatic nitrogens is 2. The van der Waals surface area contributed by atoms with Gasteiger partial charge in [0.2, 0.25) is 11.8 Å². The van der Waals surface area contributed by atoms with Gasteiger partial charge in [-0.3, -0.25) is 9.69 Å². The summed E-state index contributed by atoms with van der Waals surface area (Å²) >= 11 is 5.96. The lowest BCUT2D eigenvalue weighted by Crippen LogP contribution is -2.42. The molecule has 1 aliphatic rings. The Bertz CT molecular complexity index is 775. The van der Waals surface area contributed by atoms with E-state index in [2.05, 4.69) is 41.0 Å². The van der Waals surface area contributed by atoms with E-state index in [0.717, 1.165) is 37.5 Å². The molecule has 28 heavy (non-hydrogen) atoms. The summed E-state index contributed by atoms with van der Waals surface area (Å²) < 4.78 is 5.30. The number of benzene rings is 1. The molecule has 1 atom stereocenters. The molecule has 2 heterocycles. The van der Waals surface area contributed by atoms with Crippen molar-refractivity contribution in [2.24, 2.45) is 5.92 Å². The van der Waals surface area contributed by atoms with E-state index in [4.69, 9.17) is 16.1 Å². The van der Waals surface area contributed by atoms with Crippen LogP contribution in [-0.2, 0) is 24.2 Å². The molecule has 152 valence electrons. The first-order valence-corrected chi connectivity index (χ1v) is 10.3. The van der Waals surface area contributed by atoms with E-state index in [1.165, 1.54) is 5.56 Å². The van der Waals surface area contributed by atoms with Crippen molar-refractivity contribution in [3.05, 3.63) is 46.6 Å². The van der Waals surface area contributed by atoms with E-state index in [-0.39, 0.29) is 11.9 Å². The zero-order chi connectivity index (χ0) is 20.1. The maximum atomic E-state index is 12.2. The van der Waals surface area contributed by atoms with E-state index < -0.39 is 0 Å². The van der Waals surface area contributed by atoms with Crippen LogP contribution in [-0.4, -0.2) is 51.5 Å². The van der Waals surface area contributed by atoms with Crippen LogP contribution in [0, 0.1) is 5.92 Å². The summed E-state index contributed by atoms with van der Waals surface area (Å²) in [5.41, 5.74) is 1.24. The predicted octanol–water partition coefficient (Wildman–Crippen LogP) is 3.59. The van der Waals surface area contributed by atoms with Crippen molar-refractivity contribution in [2.45, 2.75) is 52.6 Å². The Kier molecular flexibility index (Phi) is 7.08. The summed E-state index contributed by atoms with van der Waals surface area (Å²) in [4.78, 5) is 21.0. The number of likely N-dealkylation sites (tertiary alicyclic amines) is 1. The second-order valence-electron chi connectivity index (χ2n) is 7.97. The standard InChI is InChI=1S/C21H29ClN4O2/c1-15(2)12-21-23-20(24-28-21)9-11-26(16(3)27)19-8-10-25(14-19)13-17-4-6-18(22)7-5-17/h4-7,15,19H,8-14H2,1-3H3. The van der Waals surface area contributed by atoms with E-state index in [1.807, 2.05) is 17.0 Å². The SMILES string of the molecule is CC(=O)N(CCc1noc(CC(C)C)n1)C1CCN(Cc2ccc(Cl)cc2)C1. The molecule has 2 aromatic rings. The van der Waals surface area contributed by atoms with Gasteiger partial charge in [-0.15, -0.1) is 0 Å². The molecule has 1 unspecified atom stereocenters. The molecule has 0 spiro atoms. The van der Waals surface area contributed by atoms with Crippen molar-refractivity contribution in [1.29, 1.82) is 0 Å². The zero-order valence-corrected chi connectivity index (χ0v) is 17.7. The molecule has 0 aliphatic carbocycles. The Hall–Kier alpha value is -1.92. The molecule has 0 saturated carbocycles. The van der Waals surface area contributed by atoms with Crippen LogP contribution in [0.5, 0.6) is 0 Å². The van der Waals surface area contributed by atoms with Crippen molar-refractivity contribution >= 4 is 17.5 Å². The lowest BCUT2D eigenvalue weighted by Gasteiger charge is -2.28. The van der Waals surface area contributed by atoms with Crippen LogP contribution in [0.4, 0.5) is 0 Å². The Morgan fingerprint density at radius 2 is 2.11 bits per heavy atom. The highest BCUT2D eigenvalue weighted by molar-refractivity contribution is 6.30. The number of hydrogen-bond donors (Lipinski definition) is 0. The van der Waals surface area contributed by atoms with Gasteiger partial charge in [0.25, 0.3) is 0 Å². The monoisotopic (exact) mass is 404 g/mol. The molecule has 3 rings (SSSR count). The van der Waals surface area contributed by atoms with Gasteiger partial charge in [0.15, 0.2) is 5.82 Å². The second kappa shape index (κ2) is 9.52. The van der Waals surface area contributed by atoms with Crippen molar-refractivity contribution in [3.63, 3.8) is 0 Å². The average molecular weight is 405 g/mol. The lowest BCUT2D eigenvalue weighted by atomic mass is 10.1. The average Bonchev–Trinajstić information content (AvgIpc) is 3.26. The minimum atomic E-state index is 0.101. The third-order valence-electron chi connectivity index (χ3n) is 5.08. The first-order chi connectivity index (χ1) is 13.4. The molecule has 1 aromatic carbocycles. The smallest absolute Gasteiger partial charge is 0.226 e. The molecular weight excluding hydrogens is 376 g/mol. The summed E-state index contributed by atoms with van der Waals surface area (Å²) in [6, 6.07) is 8.19. The highest BCUT2D eigenvalue weighted by Crippen LogP contribution is 2.20. The fourth-order valence-corrected chi connectivity index (χ4v) is 3.83. The fourth-order valence-electron chi connectivity index (χ4n) is 3.70. The molecule has 1 aliphatic heterocycles. The summed E-state index contributed by atoms with van der Waals surface area (Å²) in [5.74, 6) is 1.93. The van der Waals surface area contributed by atoms with Gasteiger partial charge in [0.05, 0.1) is 0 Å². The minimum Gasteiger partial charge on any atom is -0.339 e. The summed E-state index contributed by atoms with van der Waals surface area (Å²) in [5, 5.41) is 4.81. The number of carbonyl (C=O) groups is 1. The molecule has 1 aromatic heterocycles. The number of rotatable bonds is 8. The van der Waals surface area contributed by atoms with E-state index in [1.54, 1.807) is 6.92 Å². The van der Waals surface area contributed by atoms with E-state index in [9.17, 15) is 4.79 Å². The lowest BCUT2D eigenvalue weighted by molar-refractivity contribution is -0.130. The fraction of sp³-hybridized carbons (Fsp3) is 0.571. The summed E-state index contributed by atoms with van der Waals surface area (Å²) in [6.45, 7) is 9.25. The molecular formula is C21H29ClN4O2. The molecule has 1 fully saturated rings. The number of hydrogen-bond acceptors (Lipinski definition) is 5. The van der Waals surface area contributed by atoms with Crippen molar-refractivity contribution in [1.82, 2.24) is 19.9 Å². The van der Waals surface area contributed by atoms with Gasteiger partial charge in [-0.05, 0) is 30.0 Å². The maximum absolute atomic E-state index is 12.2. The van der Waals surface area contributed by atoms with Gasteiger partial charge in [-0.2, -0.15) is 4.98 Å². The number of halogens is 1. The molecule has 0 radical (unpaired) electrons. The summed E-state index contributed by atoms with van der Waals surface area (Å²) in [7, 11) is 0. The highest BCUT2D eigenvalue weighted by atomic mass is 35.5. The van der Waals surface area contributed by atoms with Crippen LogP contribution in [0.15, 0.2) is 28.8 Å². The normalized spacial score (nSPS) is 17.4. The van der Waals surface area contributed by atoms with Gasteiger partial charge in [0, 0.05) is 57.0 Å². The molecule has 0 N–H and O–H groups in total. The third kappa shape index (κ3) is 5.79. The van der Waals surface area contributed by atoms with Crippen LogP contribution in [0.2, 0.25) is 5.02 Å². The van der Waals surface area contributed by atoms with Crippen molar-refractivity contribution < 1.29 is 9.32 Å². The quantitative estimate of drug-likeness (QED) is 0.672. The molecule has 1 saturated heterocycles. The van der Waals surface area contributed by atoms with Crippen molar-refractivity contribution in [3.8, 4) is 0 Å². The Balaban J connectivity index is 1.53. The van der Waals surface area contributed by atoms with Gasteiger partial charge < -0.3 is 9.42 Å². The number of amides is 1. The largest absolute Gasteiger partial charge is 0.339 e. The highest BCUT2D eigenvalue weighted by Gasteiger charge is 2.29. The minimum absolute atomic E-state index is 0.101. The van der Waals surface area contributed by atoms with Gasteiger partial charge in [0.1, 0.15) is 0 Å². The van der Waals surface area contributed by atoms with Gasteiger partial charge in [-0.1, -0.05) is 42.7 Å². The van der Waals surface area contributed by atoms with Crippen molar-refractivity contribution in [2.75, 3.05) is 19.6 Å². The summed E-state index contributed by atoms with van der Waals surface area (Å²) in [6.07, 6.45) is 2.39. The van der Waals surface area contributed by atoms with E-state index in [0.29, 0.717) is 30.6 Å². The van der Waals surface area contributed by atoms with Crippen LogP contribution in [0.1, 0.15) is 44.5 Å². The Morgan fingerprint density at radius 1 is 1.36 bits per heavy atom. The topological polar surface area (TPSA) is 62.5 Å². The molecule has 6 nitrogen and oxygen atoms in total. The predicted molar refractivity (Wildman–Crippen MR) is 109 cm³/mol. The maximum Gasteiger partial charge on any atom is 0.226 e. The number of carbonyl (C=O) groups excluding carboxylic acids is 1. The number of nitrogens with zero attached hydrogens (tertiary/aromatic N) is 4. The van der Waals surface area contributed by atoms with Gasteiger partial charge >= 0.3 is 0 Å². The molecule has 7 heteroatoms. The van der Waals surface area contributed by atoms with Crippen LogP contribution < -0.4 is 0 Å². The molecule has 1 amide bonds. The zero-order valence-electron chi connectivity index (χ0n) is 16.9. The van der Waals surface area contributed by atoms with Gasteiger partial charge in [-0.25, -0.2) is 0 Å².